The lowest BCUT2D eigenvalue weighted by Gasteiger charge is -2.08. The van der Waals surface area contributed by atoms with Crippen molar-refractivity contribution in [3.8, 4) is 11.5 Å². The van der Waals surface area contributed by atoms with E-state index in [1.807, 2.05) is 13.0 Å². The summed E-state index contributed by atoms with van der Waals surface area (Å²) in [5.41, 5.74) is 4.34. The van der Waals surface area contributed by atoms with Gasteiger partial charge in [0.05, 0.1) is 11.8 Å². The largest absolute Gasteiger partial charge is 0.483 e. The molecule has 1 amide bonds. The highest BCUT2D eigenvalue weighted by Crippen LogP contribution is 2.21. The monoisotopic (exact) mass is 422 g/mol. The molecule has 152 valence electrons. The van der Waals surface area contributed by atoms with Crippen LogP contribution in [0.25, 0.3) is 0 Å². The number of ether oxygens (including phenoxy) is 2. The number of hydrazone groups is 1. The molecule has 1 N–H and O–H groups in total. The van der Waals surface area contributed by atoms with E-state index in [-0.39, 0.29) is 6.61 Å². The normalized spacial score (nSPS) is 10.6. The topological polar surface area (TPSA) is 77.0 Å². The van der Waals surface area contributed by atoms with Crippen LogP contribution in [0.2, 0.25) is 5.02 Å². The highest BCUT2D eigenvalue weighted by Gasteiger charge is 2.08. The highest BCUT2D eigenvalue weighted by molar-refractivity contribution is 6.30. The van der Waals surface area contributed by atoms with Crippen molar-refractivity contribution >= 4 is 29.7 Å². The minimum Gasteiger partial charge on any atom is -0.483 e. The van der Waals surface area contributed by atoms with E-state index in [0.29, 0.717) is 27.6 Å². The first-order chi connectivity index (χ1) is 14.5. The Kier molecular flexibility index (Phi) is 7.19. The number of halogens is 1. The first-order valence-corrected chi connectivity index (χ1v) is 9.47. The molecule has 0 saturated heterocycles. The molecule has 6 nitrogen and oxygen atoms in total. The molecule has 0 bridgehead atoms. The molecule has 30 heavy (non-hydrogen) atoms. The van der Waals surface area contributed by atoms with Gasteiger partial charge in [0.1, 0.15) is 11.5 Å². The second-order valence-corrected chi connectivity index (χ2v) is 6.76. The molecule has 0 aliphatic rings. The van der Waals surface area contributed by atoms with Gasteiger partial charge in [0.15, 0.2) is 6.61 Å². The van der Waals surface area contributed by atoms with Crippen LogP contribution in [-0.4, -0.2) is 24.7 Å². The Hall–Kier alpha value is -3.64. The van der Waals surface area contributed by atoms with Crippen molar-refractivity contribution < 1.29 is 19.1 Å². The first-order valence-electron chi connectivity index (χ1n) is 9.09. The van der Waals surface area contributed by atoms with Crippen LogP contribution in [0, 0.1) is 6.92 Å². The molecule has 3 rings (SSSR count). The molecule has 3 aromatic carbocycles. The zero-order chi connectivity index (χ0) is 21.3. The van der Waals surface area contributed by atoms with Crippen LogP contribution in [0.4, 0.5) is 0 Å². The lowest BCUT2D eigenvalue weighted by molar-refractivity contribution is -0.123. The number of carbonyl (C=O) groups excluding carboxylic acids is 2. The maximum atomic E-state index is 12.1. The summed E-state index contributed by atoms with van der Waals surface area (Å²) in [4.78, 5) is 24.0. The molecule has 0 unspecified atom stereocenters. The molecular weight excluding hydrogens is 404 g/mol. The van der Waals surface area contributed by atoms with E-state index in [9.17, 15) is 9.59 Å². The minimum absolute atomic E-state index is 0.186. The van der Waals surface area contributed by atoms with Gasteiger partial charge in [0.2, 0.25) is 0 Å². The number of hydrogen-bond donors (Lipinski definition) is 1. The quantitative estimate of drug-likeness (QED) is 0.265. The van der Waals surface area contributed by atoms with Crippen LogP contribution >= 0.6 is 11.6 Å². The van der Waals surface area contributed by atoms with Gasteiger partial charge >= 0.3 is 5.97 Å². The van der Waals surface area contributed by atoms with E-state index in [4.69, 9.17) is 21.1 Å². The van der Waals surface area contributed by atoms with Gasteiger partial charge in [-0.05, 0) is 60.5 Å². The summed E-state index contributed by atoms with van der Waals surface area (Å²) in [5, 5.41) is 4.51. The maximum absolute atomic E-state index is 12.1. The standard InChI is InChI=1S/C23H19ClN2O4/c1-16-12-19(24)10-11-21(16)29-15-22(27)26-25-14-17-6-5-9-20(13-17)30-23(28)18-7-3-2-4-8-18/h2-14H,15H2,1H3,(H,26,27). The van der Waals surface area contributed by atoms with E-state index in [1.165, 1.54) is 6.21 Å². The molecule has 0 spiro atoms. The number of carbonyl (C=O) groups is 2. The summed E-state index contributed by atoms with van der Waals surface area (Å²) in [5.74, 6) is 0.0898. The van der Waals surface area contributed by atoms with E-state index < -0.39 is 11.9 Å². The van der Waals surface area contributed by atoms with Crippen molar-refractivity contribution in [3.63, 3.8) is 0 Å². The fraction of sp³-hybridized carbons (Fsp3) is 0.0870. The van der Waals surface area contributed by atoms with Crippen LogP contribution in [0.15, 0.2) is 77.9 Å². The molecule has 7 heteroatoms. The first kappa shape index (κ1) is 21.1. The molecule has 0 aromatic heterocycles. The number of aryl methyl sites for hydroxylation is 1. The average Bonchev–Trinajstić information content (AvgIpc) is 2.74. The van der Waals surface area contributed by atoms with Crippen molar-refractivity contribution in [3.05, 3.63) is 94.5 Å². The molecule has 0 saturated carbocycles. The molecule has 0 atom stereocenters. The van der Waals surface area contributed by atoms with Crippen molar-refractivity contribution in [1.29, 1.82) is 0 Å². The van der Waals surface area contributed by atoms with Crippen molar-refractivity contribution in [1.82, 2.24) is 5.43 Å². The van der Waals surface area contributed by atoms with Crippen molar-refractivity contribution in [2.75, 3.05) is 6.61 Å². The Labute approximate surface area is 179 Å². The van der Waals surface area contributed by atoms with E-state index in [0.717, 1.165) is 5.56 Å². The van der Waals surface area contributed by atoms with E-state index in [1.54, 1.807) is 66.7 Å². The third-order valence-electron chi connectivity index (χ3n) is 3.98. The van der Waals surface area contributed by atoms with Gasteiger partial charge in [-0.1, -0.05) is 41.9 Å². The third-order valence-corrected chi connectivity index (χ3v) is 4.21. The second-order valence-electron chi connectivity index (χ2n) is 6.32. The second kappa shape index (κ2) is 10.2. The third kappa shape index (κ3) is 6.18. The molecule has 0 aliphatic heterocycles. The molecule has 0 radical (unpaired) electrons. The van der Waals surface area contributed by atoms with Crippen molar-refractivity contribution in [2.24, 2.45) is 5.10 Å². The fourth-order valence-electron chi connectivity index (χ4n) is 2.53. The number of rotatable bonds is 7. The van der Waals surface area contributed by atoms with Crippen LogP contribution in [0.1, 0.15) is 21.5 Å². The van der Waals surface area contributed by atoms with Gasteiger partial charge in [0.25, 0.3) is 5.91 Å². The lowest BCUT2D eigenvalue weighted by atomic mass is 10.2. The number of nitrogens with zero attached hydrogens (tertiary/aromatic N) is 1. The smallest absolute Gasteiger partial charge is 0.343 e. The average molecular weight is 423 g/mol. The Bertz CT molecular complexity index is 1070. The molecule has 3 aromatic rings. The maximum Gasteiger partial charge on any atom is 0.343 e. The van der Waals surface area contributed by atoms with E-state index in [2.05, 4.69) is 10.5 Å². The Morgan fingerprint density at radius 3 is 2.60 bits per heavy atom. The van der Waals surface area contributed by atoms with Crippen LogP contribution in [0.5, 0.6) is 11.5 Å². The number of esters is 1. The molecular formula is C23H19ClN2O4. The summed E-state index contributed by atoms with van der Waals surface area (Å²) >= 11 is 5.89. The molecule has 0 fully saturated rings. The number of hydrogen-bond acceptors (Lipinski definition) is 5. The Balaban J connectivity index is 1.51. The molecule has 0 heterocycles. The number of benzene rings is 3. The van der Waals surface area contributed by atoms with E-state index >= 15 is 0 Å². The van der Waals surface area contributed by atoms with Gasteiger partial charge < -0.3 is 9.47 Å². The van der Waals surface area contributed by atoms with Crippen LogP contribution < -0.4 is 14.9 Å². The zero-order valence-electron chi connectivity index (χ0n) is 16.2. The summed E-state index contributed by atoms with van der Waals surface area (Å²) in [7, 11) is 0. The van der Waals surface area contributed by atoms with Gasteiger partial charge in [-0.25, -0.2) is 10.2 Å². The fourth-order valence-corrected chi connectivity index (χ4v) is 2.75. The summed E-state index contributed by atoms with van der Waals surface area (Å²) in [6.45, 7) is 1.66. The lowest BCUT2D eigenvalue weighted by Crippen LogP contribution is -2.24. The predicted octanol–water partition coefficient (Wildman–Crippen LogP) is 4.40. The number of amides is 1. The SMILES string of the molecule is Cc1cc(Cl)ccc1OCC(=O)NN=Cc1cccc(OC(=O)c2ccccc2)c1. The molecule has 0 aliphatic carbocycles. The van der Waals surface area contributed by atoms with Crippen LogP contribution in [-0.2, 0) is 4.79 Å². The van der Waals surface area contributed by atoms with Gasteiger partial charge in [0, 0.05) is 5.02 Å². The van der Waals surface area contributed by atoms with Gasteiger partial charge in [-0.15, -0.1) is 0 Å². The number of nitrogens with one attached hydrogen (secondary N) is 1. The van der Waals surface area contributed by atoms with Crippen LogP contribution in [0.3, 0.4) is 0 Å². The van der Waals surface area contributed by atoms with Crippen molar-refractivity contribution in [2.45, 2.75) is 6.92 Å². The highest BCUT2D eigenvalue weighted by atomic mass is 35.5. The van der Waals surface area contributed by atoms with Gasteiger partial charge in [-0.3, -0.25) is 4.79 Å². The van der Waals surface area contributed by atoms with Gasteiger partial charge in [-0.2, -0.15) is 5.10 Å². The summed E-state index contributed by atoms with van der Waals surface area (Å²) < 4.78 is 10.8. The Morgan fingerprint density at radius 1 is 1.03 bits per heavy atom. The predicted molar refractivity (Wildman–Crippen MR) is 115 cm³/mol. The summed E-state index contributed by atoms with van der Waals surface area (Å²) in [6.07, 6.45) is 1.45. The Morgan fingerprint density at radius 2 is 1.83 bits per heavy atom. The minimum atomic E-state index is -0.451. The zero-order valence-corrected chi connectivity index (χ0v) is 16.9. The summed E-state index contributed by atoms with van der Waals surface area (Å²) in [6, 6.07) is 20.7.